The van der Waals surface area contributed by atoms with Crippen molar-refractivity contribution in [2.24, 2.45) is 0 Å². The maximum Gasteiger partial charge on any atom is 0.360 e. The van der Waals surface area contributed by atoms with Crippen LogP contribution in [0.1, 0.15) is 38.1 Å². The Morgan fingerprint density at radius 3 is 2.35 bits per heavy atom. The SMILES string of the molecule is CCOC(=O)c1nn(-c2ccc(F)cc2)c(=O)cc1NC(=O)c1ccccc1C(=O)O. The van der Waals surface area contributed by atoms with Crippen LogP contribution < -0.4 is 10.9 Å². The minimum atomic E-state index is -1.32. The molecule has 3 rings (SSSR count). The normalized spacial score (nSPS) is 10.4. The van der Waals surface area contributed by atoms with E-state index in [0.717, 1.165) is 22.9 Å². The van der Waals surface area contributed by atoms with E-state index in [1.165, 1.54) is 36.4 Å². The lowest BCUT2D eigenvalue weighted by atomic mass is 10.1. The Hall–Kier alpha value is -4.34. The molecule has 0 spiro atoms. The topological polar surface area (TPSA) is 128 Å². The molecule has 2 N–H and O–H groups in total. The summed E-state index contributed by atoms with van der Waals surface area (Å²) in [5, 5.41) is 15.6. The second kappa shape index (κ2) is 8.99. The fraction of sp³-hybridized carbons (Fsp3) is 0.0952. The number of anilines is 1. The van der Waals surface area contributed by atoms with Crippen LogP contribution in [0.4, 0.5) is 10.1 Å². The fourth-order valence-corrected chi connectivity index (χ4v) is 2.73. The molecule has 0 radical (unpaired) electrons. The van der Waals surface area contributed by atoms with Gasteiger partial charge in [-0.1, -0.05) is 12.1 Å². The van der Waals surface area contributed by atoms with Gasteiger partial charge in [0.05, 0.1) is 29.1 Å². The van der Waals surface area contributed by atoms with Crippen LogP contribution in [0.3, 0.4) is 0 Å². The summed E-state index contributed by atoms with van der Waals surface area (Å²) in [4.78, 5) is 49.0. The van der Waals surface area contributed by atoms with Crippen molar-refractivity contribution in [3.05, 3.63) is 87.6 Å². The van der Waals surface area contributed by atoms with E-state index in [-0.39, 0.29) is 34.8 Å². The monoisotopic (exact) mass is 425 g/mol. The number of nitrogens with zero attached hydrogens (tertiary/aromatic N) is 2. The van der Waals surface area contributed by atoms with Gasteiger partial charge in [-0.05, 0) is 43.3 Å². The molecular weight excluding hydrogens is 409 g/mol. The Labute approximate surface area is 174 Å². The molecule has 0 unspecified atom stereocenters. The van der Waals surface area contributed by atoms with Crippen LogP contribution >= 0.6 is 0 Å². The van der Waals surface area contributed by atoms with Crippen molar-refractivity contribution < 1.29 is 28.6 Å². The lowest BCUT2D eigenvalue weighted by molar-refractivity contribution is 0.0518. The Morgan fingerprint density at radius 1 is 1.10 bits per heavy atom. The molecule has 0 aliphatic rings. The minimum Gasteiger partial charge on any atom is -0.478 e. The maximum atomic E-state index is 13.2. The van der Waals surface area contributed by atoms with Gasteiger partial charge < -0.3 is 15.2 Å². The van der Waals surface area contributed by atoms with Crippen molar-refractivity contribution in [3.8, 4) is 5.69 Å². The molecule has 1 aromatic heterocycles. The summed E-state index contributed by atoms with van der Waals surface area (Å²) in [7, 11) is 0. The molecule has 0 fully saturated rings. The molecule has 9 nitrogen and oxygen atoms in total. The van der Waals surface area contributed by atoms with Gasteiger partial charge in [-0.2, -0.15) is 9.78 Å². The summed E-state index contributed by atoms with van der Waals surface area (Å²) in [5.74, 6) is -3.62. The number of aromatic nitrogens is 2. The number of hydrogen-bond donors (Lipinski definition) is 2. The predicted molar refractivity (Wildman–Crippen MR) is 107 cm³/mol. The number of ether oxygens (including phenoxy) is 1. The number of esters is 1. The largest absolute Gasteiger partial charge is 0.478 e. The smallest absolute Gasteiger partial charge is 0.360 e. The molecule has 31 heavy (non-hydrogen) atoms. The van der Waals surface area contributed by atoms with Crippen LogP contribution in [0.15, 0.2) is 59.4 Å². The van der Waals surface area contributed by atoms with Crippen LogP contribution in [0.25, 0.3) is 5.69 Å². The van der Waals surface area contributed by atoms with Crippen molar-refractivity contribution in [3.63, 3.8) is 0 Å². The van der Waals surface area contributed by atoms with Gasteiger partial charge in [-0.3, -0.25) is 9.59 Å². The molecule has 0 bridgehead atoms. The average molecular weight is 425 g/mol. The van der Waals surface area contributed by atoms with Crippen molar-refractivity contribution in [2.75, 3.05) is 11.9 Å². The lowest BCUT2D eigenvalue weighted by Crippen LogP contribution is -2.27. The fourth-order valence-electron chi connectivity index (χ4n) is 2.73. The number of carboxylic acids is 1. The van der Waals surface area contributed by atoms with Crippen LogP contribution in [0, 0.1) is 5.82 Å². The summed E-state index contributed by atoms with van der Waals surface area (Å²) in [5.41, 5.74) is -1.61. The Bertz CT molecular complexity index is 1220. The number of benzene rings is 2. The molecule has 10 heteroatoms. The first-order valence-corrected chi connectivity index (χ1v) is 9.03. The molecule has 2 aromatic carbocycles. The van der Waals surface area contributed by atoms with Crippen LogP contribution in [-0.4, -0.2) is 39.3 Å². The number of hydrogen-bond acceptors (Lipinski definition) is 6. The molecule has 1 amide bonds. The van der Waals surface area contributed by atoms with E-state index in [4.69, 9.17) is 4.74 Å². The number of amides is 1. The molecule has 0 saturated carbocycles. The number of carboxylic acid groups (broad SMARTS) is 1. The molecule has 158 valence electrons. The van der Waals surface area contributed by atoms with Gasteiger partial charge in [0.1, 0.15) is 5.82 Å². The molecule has 0 aliphatic heterocycles. The number of halogens is 1. The van der Waals surface area contributed by atoms with E-state index in [2.05, 4.69) is 10.4 Å². The number of rotatable bonds is 6. The highest BCUT2D eigenvalue weighted by Crippen LogP contribution is 2.17. The molecular formula is C21H16FN3O6. The van der Waals surface area contributed by atoms with Crippen LogP contribution in [0.5, 0.6) is 0 Å². The first kappa shape index (κ1) is 21.4. The van der Waals surface area contributed by atoms with Crippen molar-refractivity contribution in [2.45, 2.75) is 6.92 Å². The summed E-state index contributed by atoms with van der Waals surface area (Å²) >= 11 is 0. The van der Waals surface area contributed by atoms with E-state index in [0.29, 0.717) is 0 Å². The number of aromatic carboxylic acids is 1. The predicted octanol–water partition coefficient (Wildman–Crippen LogP) is 2.50. The van der Waals surface area contributed by atoms with E-state index in [1.807, 2.05) is 0 Å². The third-order valence-electron chi connectivity index (χ3n) is 4.12. The van der Waals surface area contributed by atoms with Crippen LogP contribution in [-0.2, 0) is 4.74 Å². The Morgan fingerprint density at radius 2 is 1.74 bits per heavy atom. The Balaban J connectivity index is 2.07. The molecule has 1 heterocycles. The number of carbonyl (C=O) groups excluding carboxylic acids is 2. The third kappa shape index (κ3) is 4.64. The third-order valence-corrected chi connectivity index (χ3v) is 4.12. The van der Waals surface area contributed by atoms with E-state index < -0.39 is 29.2 Å². The van der Waals surface area contributed by atoms with Gasteiger partial charge in [0, 0.05) is 6.07 Å². The first-order valence-electron chi connectivity index (χ1n) is 9.03. The molecule has 0 saturated heterocycles. The van der Waals surface area contributed by atoms with Gasteiger partial charge in [0.2, 0.25) is 0 Å². The second-order valence-electron chi connectivity index (χ2n) is 6.16. The quantitative estimate of drug-likeness (QED) is 0.581. The average Bonchev–Trinajstić information content (AvgIpc) is 2.74. The highest BCUT2D eigenvalue weighted by molar-refractivity contribution is 6.12. The second-order valence-corrected chi connectivity index (χ2v) is 6.16. The van der Waals surface area contributed by atoms with E-state index in [1.54, 1.807) is 6.92 Å². The number of carbonyl (C=O) groups is 3. The first-order chi connectivity index (χ1) is 14.8. The summed E-state index contributed by atoms with van der Waals surface area (Å²) in [6.45, 7) is 1.57. The zero-order valence-electron chi connectivity index (χ0n) is 16.2. The van der Waals surface area contributed by atoms with Gasteiger partial charge >= 0.3 is 11.9 Å². The van der Waals surface area contributed by atoms with Crippen molar-refractivity contribution in [1.82, 2.24) is 9.78 Å². The Kier molecular flexibility index (Phi) is 6.20. The van der Waals surface area contributed by atoms with Crippen molar-refractivity contribution in [1.29, 1.82) is 0 Å². The lowest BCUT2D eigenvalue weighted by Gasteiger charge is -2.13. The van der Waals surface area contributed by atoms with Gasteiger partial charge in [-0.25, -0.2) is 14.0 Å². The highest BCUT2D eigenvalue weighted by atomic mass is 19.1. The van der Waals surface area contributed by atoms with Crippen molar-refractivity contribution >= 4 is 23.5 Å². The van der Waals surface area contributed by atoms with E-state index >= 15 is 0 Å². The van der Waals surface area contributed by atoms with E-state index in [9.17, 15) is 28.7 Å². The molecule has 3 aromatic rings. The summed E-state index contributed by atoms with van der Waals surface area (Å²) in [6, 6.07) is 11.2. The van der Waals surface area contributed by atoms with Gasteiger partial charge in [0.25, 0.3) is 11.5 Å². The molecule has 0 atom stereocenters. The zero-order chi connectivity index (χ0) is 22.5. The summed E-state index contributed by atoms with van der Waals surface area (Å²) < 4.78 is 19.0. The summed E-state index contributed by atoms with van der Waals surface area (Å²) in [6.07, 6.45) is 0. The standard InChI is InChI=1S/C21H16FN3O6/c1-2-31-21(30)18-16(23-19(27)14-5-3-4-6-15(14)20(28)29)11-17(26)25(24-18)13-9-7-12(22)8-10-13/h3-11H,2H2,1H3,(H,23,27)(H,28,29). The highest BCUT2D eigenvalue weighted by Gasteiger charge is 2.22. The maximum absolute atomic E-state index is 13.2. The number of nitrogens with one attached hydrogen (secondary N) is 1. The minimum absolute atomic E-state index is 0.00538. The van der Waals surface area contributed by atoms with Gasteiger partial charge in [0.15, 0.2) is 5.69 Å². The van der Waals surface area contributed by atoms with Crippen LogP contribution in [0.2, 0.25) is 0 Å². The molecule has 0 aliphatic carbocycles. The van der Waals surface area contributed by atoms with Gasteiger partial charge in [-0.15, -0.1) is 0 Å². The zero-order valence-corrected chi connectivity index (χ0v) is 16.2.